The summed E-state index contributed by atoms with van der Waals surface area (Å²) < 4.78 is 31.4. The predicted octanol–water partition coefficient (Wildman–Crippen LogP) is 2.95. The highest BCUT2D eigenvalue weighted by molar-refractivity contribution is 5.27. The molecule has 1 N–H and O–H groups in total. The summed E-state index contributed by atoms with van der Waals surface area (Å²) in [7, 11) is 0. The van der Waals surface area contributed by atoms with Gasteiger partial charge in [-0.05, 0) is 43.4 Å². The molecule has 0 saturated heterocycles. The van der Waals surface area contributed by atoms with Crippen LogP contribution in [-0.4, -0.2) is 18.3 Å². The Morgan fingerprint density at radius 1 is 1.18 bits per heavy atom. The molecule has 0 aliphatic carbocycles. The Labute approximate surface area is 100 Å². The Balaban J connectivity index is 2.35. The van der Waals surface area contributed by atoms with Crippen molar-refractivity contribution in [3.63, 3.8) is 0 Å². The summed E-state index contributed by atoms with van der Waals surface area (Å²) in [5, 5.41) is 8.58. The third-order valence-corrected chi connectivity index (χ3v) is 2.66. The van der Waals surface area contributed by atoms with E-state index in [-0.39, 0.29) is 6.61 Å². The van der Waals surface area contributed by atoms with E-state index in [1.54, 1.807) is 13.0 Å². The number of aliphatic hydroxyl groups excluding tert-OH is 1. The van der Waals surface area contributed by atoms with Crippen LogP contribution in [-0.2, 0) is 11.3 Å². The summed E-state index contributed by atoms with van der Waals surface area (Å²) >= 11 is 0. The van der Waals surface area contributed by atoms with Crippen molar-refractivity contribution >= 4 is 0 Å². The minimum atomic E-state index is -0.825. The van der Waals surface area contributed by atoms with Gasteiger partial charge in [-0.2, -0.15) is 0 Å². The number of hydrogen-bond donors (Lipinski definition) is 1. The fraction of sp³-hybridized carbons (Fsp3) is 0.538. The molecule has 0 aliphatic rings. The average Bonchev–Trinajstić information content (AvgIpc) is 2.33. The van der Waals surface area contributed by atoms with Gasteiger partial charge in [-0.25, -0.2) is 8.78 Å². The van der Waals surface area contributed by atoms with Crippen molar-refractivity contribution in [1.82, 2.24) is 0 Å². The van der Waals surface area contributed by atoms with Crippen LogP contribution in [0.25, 0.3) is 0 Å². The zero-order chi connectivity index (χ0) is 12.7. The number of unbranched alkanes of at least 4 members (excludes halogenated alkanes) is 2. The fourth-order valence-electron chi connectivity index (χ4n) is 1.52. The van der Waals surface area contributed by atoms with Crippen molar-refractivity contribution < 1.29 is 18.6 Å². The summed E-state index contributed by atoms with van der Waals surface area (Å²) in [5.41, 5.74) is 0.978. The predicted molar refractivity (Wildman–Crippen MR) is 61.7 cm³/mol. The van der Waals surface area contributed by atoms with Gasteiger partial charge in [-0.3, -0.25) is 0 Å². The van der Waals surface area contributed by atoms with Crippen LogP contribution >= 0.6 is 0 Å². The second-order valence-corrected chi connectivity index (χ2v) is 3.98. The lowest BCUT2D eigenvalue weighted by Crippen LogP contribution is -2.01. The molecule has 0 radical (unpaired) electrons. The Bertz CT molecular complexity index is 354. The monoisotopic (exact) mass is 244 g/mol. The van der Waals surface area contributed by atoms with Gasteiger partial charge in [0.15, 0.2) is 11.6 Å². The topological polar surface area (TPSA) is 29.5 Å². The zero-order valence-electron chi connectivity index (χ0n) is 10.0. The number of ether oxygens (including phenoxy) is 1. The maximum atomic E-state index is 13.2. The second kappa shape index (κ2) is 7.35. The van der Waals surface area contributed by atoms with Crippen molar-refractivity contribution in [2.24, 2.45) is 0 Å². The average molecular weight is 244 g/mol. The third-order valence-electron chi connectivity index (χ3n) is 2.66. The highest BCUT2D eigenvalue weighted by atomic mass is 19.2. The van der Waals surface area contributed by atoms with Crippen LogP contribution in [0.2, 0.25) is 0 Å². The van der Waals surface area contributed by atoms with E-state index < -0.39 is 11.6 Å². The molecule has 0 spiro atoms. The quantitative estimate of drug-likeness (QED) is 0.747. The molecule has 4 heteroatoms. The van der Waals surface area contributed by atoms with E-state index in [0.29, 0.717) is 24.3 Å². The first kappa shape index (κ1) is 14.1. The maximum Gasteiger partial charge on any atom is 0.162 e. The van der Waals surface area contributed by atoms with Crippen LogP contribution in [0.1, 0.15) is 30.4 Å². The molecule has 0 saturated carbocycles. The first-order valence-corrected chi connectivity index (χ1v) is 5.79. The van der Waals surface area contributed by atoms with Crippen molar-refractivity contribution in [3.8, 4) is 0 Å². The van der Waals surface area contributed by atoms with E-state index >= 15 is 0 Å². The van der Waals surface area contributed by atoms with Gasteiger partial charge in [0.1, 0.15) is 0 Å². The van der Waals surface area contributed by atoms with Crippen molar-refractivity contribution in [3.05, 3.63) is 34.9 Å². The van der Waals surface area contributed by atoms with E-state index in [1.165, 1.54) is 0 Å². The second-order valence-electron chi connectivity index (χ2n) is 3.98. The largest absolute Gasteiger partial charge is 0.396 e. The van der Waals surface area contributed by atoms with E-state index in [0.717, 1.165) is 25.3 Å². The lowest BCUT2D eigenvalue weighted by molar-refractivity contribution is 0.115. The summed E-state index contributed by atoms with van der Waals surface area (Å²) in [6.07, 6.45) is 2.55. The lowest BCUT2D eigenvalue weighted by atomic mass is 10.1. The Kier molecular flexibility index (Phi) is 6.08. The van der Waals surface area contributed by atoms with Gasteiger partial charge in [0.2, 0.25) is 0 Å². The van der Waals surface area contributed by atoms with Crippen molar-refractivity contribution in [1.29, 1.82) is 0 Å². The molecular formula is C13H18F2O2. The van der Waals surface area contributed by atoms with Gasteiger partial charge in [0, 0.05) is 13.2 Å². The first-order chi connectivity index (χ1) is 8.16. The van der Waals surface area contributed by atoms with Crippen LogP contribution in [0.4, 0.5) is 8.78 Å². The molecule has 0 aromatic heterocycles. The molecule has 17 heavy (non-hydrogen) atoms. The normalized spacial score (nSPS) is 10.8. The number of aliphatic hydroxyl groups is 1. The van der Waals surface area contributed by atoms with Gasteiger partial charge >= 0.3 is 0 Å². The molecule has 0 heterocycles. The summed E-state index contributed by atoms with van der Waals surface area (Å²) in [6.45, 7) is 2.60. The van der Waals surface area contributed by atoms with Crippen LogP contribution in [0.5, 0.6) is 0 Å². The van der Waals surface area contributed by atoms with E-state index in [9.17, 15) is 8.78 Å². The zero-order valence-corrected chi connectivity index (χ0v) is 10.0. The highest BCUT2D eigenvalue weighted by Gasteiger charge is 2.09. The van der Waals surface area contributed by atoms with E-state index in [4.69, 9.17) is 9.84 Å². The first-order valence-electron chi connectivity index (χ1n) is 5.79. The van der Waals surface area contributed by atoms with Crippen LogP contribution in [0.15, 0.2) is 12.1 Å². The number of hydrogen-bond acceptors (Lipinski definition) is 2. The van der Waals surface area contributed by atoms with E-state index in [1.807, 2.05) is 0 Å². The highest BCUT2D eigenvalue weighted by Crippen LogP contribution is 2.16. The molecule has 1 rings (SSSR count). The molecule has 0 bridgehead atoms. The Morgan fingerprint density at radius 3 is 2.65 bits per heavy atom. The molecule has 0 fully saturated rings. The molecule has 0 atom stereocenters. The smallest absolute Gasteiger partial charge is 0.162 e. The number of halogens is 2. The molecule has 0 unspecified atom stereocenters. The lowest BCUT2D eigenvalue weighted by Gasteiger charge is -2.08. The van der Waals surface area contributed by atoms with Crippen molar-refractivity contribution in [2.75, 3.05) is 13.2 Å². The summed E-state index contributed by atoms with van der Waals surface area (Å²) in [4.78, 5) is 0. The number of benzene rings is 1. The van der Waals surface area contributed by atoms with Gasteiger partial charge in [-0.15, -0.1) is 0 Å². The van der Waals surface area contributed by atoms with Crippen LogP contribution in [0.3, 0.4) is 0 Å². The standard InChI is InChI=1S/C13H18F2O2/c1-10-11(5-6-12(14)13(10)15)9-17-8-4-2-3-7-16/h5-6,16H,2-4,7-9H2,1H3. The Morgan fingerprint density at radius 2 is 1.94 bits per heavy atom. The molecule has 0 aliphatic heterocycles. The van der Waals surface area contributed by atoms with Gasteiger partial charge < -0.3 is 9.84 Å². The number of rotatable bonds is 7. The molecule has 0 amide bonds. The molecule has 1 aromatic rings. The van der Waals surface area contributed by atoms with Crippen molar-refractivity contribution in [2.45, 2.75) is 32.8 Å². The van der Waals surface area contributed by atoms with Gasteiger partial charge in [0.05, 0.1) is 6.61 Å². The molecule has 1 aromatic carbocycles. The molecular weight excluding hydrogens is 226 g/mol. The van der Waals surface area contributed by atoms with Gasteiger partial charge in [-0.1, -0.05) is 6.07 Å². The fourth-order valence-corrected chi connectivity index (χ4v) is 1.52. The van der Waals surface area contributed by atoms with Gasteiger partial charge in [0.25, 0.3) is 0 Å². The van der Waals surface area contributed by atoms with Crippen LogP contribution in [0, 0.1) is 18.6 Å². The molecule has 96 valence electrons. The Hall–Kier alpha value is -1.00. The molecule has 2 nitrogen and oxygen atoms in total. The summed E-state index contributed by atoms with van der Waals surface area (Å²) in [5.74, 6) is -1.62. The minimum absolute atomic E-state index is 0.197. The maximum absolute atomic E-state index is 13.2. The summed E-state index contributed by atoms with van der Waals surface area (Å²) in [6, 6.07) is 2.66. The third kappa shape index (κ3) is 4.40. The van der Waals surface area contributed by atoms with Crippen LogP contribution < -0.4 is 0 Å². The SMILES string of the molecule is Cc1c(COCCCCCO)ccc(F)c1F. The minimum Gasteiger partial charge on any atom is -0.396 e. The van der Waals surface area contributed by atoms with E-state index in [2.05, 4.69) is 0 Å².